The normalized spacial score (nSPS) is 10.2. The minimum Gasteiger partial charge on any atom is -0.490 e. The molecule has 0 saturated heterocycles. The van der Waals surface area contributed by atoms with E-state index in [9.17, 15) is 0 Å². The first kappa shape index (κ1) is 14.3. The second-order valence-electron chi connectivity index (χ2n) is 4.79. The topological polar surface area (TPSA) is 30.5 Å². The second-order valence-corrected chi connectivity index (χ2v) is 4.79. The molecule has 2 aromatic rings. The maximum atomic E-state index is 5.70. The minimum atomic E-state index is 0.534. The molecule has 2 aromatic carbocycles. The van der Waals surface area contributed by atoms with Crippen molar-refractivity contribution in [1.82, 2.24) is 0 Å². The number of anilines is 1. The Kier molecular flexibility index (Phi) is 4.88. The summed E-state index contributed by atoms with van der Waals surface area (Å²) in [4.78, 5) is 0. The van der Waals surface area contributed by atoms with Crippen LogP contribution in [-0.2, 0) is 0 Å². The fourth-order valence-corrected chi connectivity index (χ4v) is 2.05. The van der Waals surface area contributed by atoms with Gasteiger partial charge in [-0.1, -0.05) is 6.07 Å². The van der Waals surface area contributed by atoms with Crippen molar-refractivity contribution in [2.75, 3.05) is 25.6 Å². The SMILES string of the molecule is CNc1ccc(OCCOc2cc(C)cc(C)c2)cc1. The van der Waals surface area contributed by atoms with Gasteiger partial charge in [0.1, 0.15) is 24.7 Å². The molecule has 0 aliphatic rings. The largest absolute Gasteiger partial charge is 0.490 e. The molecule has 0 unspecified atom stereocenters. The van der Waals surface area contributed by atoms with Crippen LogP contribution >= 0.6 is 0 Å². The zero-order valence-electron chi connectivity index (χ0n) is 12.3. The Balaban J connectivity index is 1.78. The summed E-state index contributed by atoms with van der Waals surface area (Å²) < 4.78 is 11.3. The van der Waals surface area contributed by atoms with Gasteiger partial charge in [0, 0.05) is 12.7 Å². The van der Waals surface area contributed by atoms with E-state index in [1.807, 2.05) is 43.4 Å². The standard InChI is InChI=1S/C17H21NO2/c1-13-10-14(2)12-17(11-13)20-9-8-19-16-6-4-15(18-3)5-7-16/h4-7,10-12,18H,8-9H2,1-3H3. The van der Waals surface area contributed by atoms with Crippen LogP contribution in [0.3, 0.4) is 0 Å². The maximum Gasteiger partial charge on any atom is 0.122 e. The van der Waals surface area contributed by atoms with Crippen LogP contribution in [-0.4, -0.2) is 20.3 Å². The number of hydrogen-bond acceptors (Lipinski definition) is 3. The van der Waals surface area contributed by atoms with Gasteiger partial charge in [-0.05, 0) is 61.4 Å². The Morgan fingerprint density at radius 2 is 1.35 bits per heavy atom. The van der Waals surface area contributed by atoms with Crippen molar-refractivity contribution in [3.05, 3.63) is 53.6 Å². The van der Waals surface area contributed by atoms with Crippen molar-refractivity contribution in [2.24, 2.45) is 0 Å². The van der Waals surface area contributed by atoms with E-state index in [2.05, 4.69) is 25.2 Å². The van der Waals surface area contributed by atoms with E-state index in [1.54, 1.807) is 0 Å². The lowest BCUT2D eigenvalue weighted by Gasteiger charge is -2.10. The van der Waals surface area contributed by atoms with Gasteiger partial charge in [-0.2, -0.15) is 0 Å². The number of rotatable bonds is 6. The van der Waals surface area contributed by atoms with Crippen molar-refractivity contribution in [1.29, 1.82) is 0 Å². The molecule has 1 N–H and O–H groups in total. The van der Waals surface area contributed by atoms with Crippen LogP contribution in [0.4, 0.5) is 5.69 Å². The molecule has 0 atom stereocenters. The number of hydrogen-bond donors (Lipinski definition) is 1. The summed E-state index contributed by atoms with van der Waals surface area (Å²) in [6, 6.07) is 14.1. The maximum absolute atomic E-state index is 5.70. The smallest absolute Gasteiger partial charge is 0.122 e. The molecule has 0 aliphatic heterocycles. The van der Waals surface area contributed by atoms with Gasteiger partial charge >= 0.3 is 0 Å². The molecule has 0 bridgehead atoms. The molecule has 2 rings (SSSR count). The second kappa shape index (κ2) is 6.85. The highest BCUT2D eigenvalue weighted by Crippen LogP contribution is 2.17. The Hall–Kier alpha value is -2.16. The van der Waals surface area contributed by atoms with Crippen molar-refractivity contribution in [3.63, 3.8) is 0 Å². The minimum absolute atomic E-state index is 0.534. The van der Waals surface area contributed by atoms with Crippen LogP contribution in [0.25, 0.3) is 0 Å². The molecule has 0 amide bonds. The molecule has 0 fully saturated rings. The summed E-state index contributed by atoms with van der Waals surface area (Å²) in [6.07, 6.45) is 0. The number of nitrogens with one attached hydrogen (secondary N) is 1. The summed E-state index contributed by atoms with van der Waals surface area (Å²) in [7, 11) is 1.90. The van der Waals surface area contributed by atoms with Gasteiger partial charge < -0.3 is 14.8 Å². The van der Waals surface area contributed by atoms with Gasteiger partial charge in [0.2, 0.25) is 0 Å². The molecule has 0 saturated carbocycles. The average Bonchev–Trinajstić information content (AvgIpc) is 2.43. The van der Waals surface area contributed by atoms with Crippen LogP contribution in [0.15, 0.2) is 42.5 Å². The van der Waals surface area contributed by atoms with Gasteiger partial charge in [-0.15, -0.1) is 0 Å². The van der Waals surface area contributed by atoms with E-state index in [0.29, 0.717) is 13.2 Å². The van der Waals surface area contributed by atoms with E-state index in [-0.39, 0.29) is 0 Å². The van der Waals surface area contributed by atoms with Gasteiger partial charge in [-0.3, -0.25) is 0 Å². The lowest BCUT2D eigenvalue weighted by Crippen LogP contribution is -2.09. The highest BCUT2D eigenvalue weighted by molar-refractivity contribution is 5.45. The molecule has 0 spiro atoms. The number of aryl methyl sites for hydroxylation is 2. The summed E-state index contributed by atoms with van der Waals surface area (Å²) in [6.45, 7) is 5.21. The van der Waals surface area contributed by atoms with E-state index in [0.717, 1.165) is 17.2 Å². The lowest BCUT2D eigenvalue weighted by molar-refractivity contribution is 0.217. The van der Waals surface area contributed by atoms with E-state index >= 15 is 0 Å². The van der Waals surface area contributed by atoms with Crippen molar-refractivity contribution >= 4 is 5.69 Å². The highest BCUT2D eigenvalue weighted by Gasteiger charge is 1.98. The molecule has 0 aromatic heterocycles. The molecule has 20 heavy (non-hydrogen) atoms. The molecular weight excluding hydrogens is 250 g/mol. The summed E-state index contributed by atoms with van der Waals surface area (Å²) in [5.41, 5.74) is 3.50. The highest BCUT2D eigenvalue weighted by atomic mass is 16.5. The summed E-state index contributed by atoms with van der Waals surface area (Å²) in [5.74, 6) is 1.75. The van der Waals surface area contributed by atoms with E-state index < -0.39 is 0 Å². The van der Waals surface area contributed by atoms with Crippen LogP contribution in [0, 0.1) is 13.8 Å². The third kappa shape index (κ3) is 4.19. The Bertz CT molecular complexity index is 529. The quantitative estimate of drug-likeness (QED) is 0.811. The molecule has 0 radical (unpaired) electrons. The van der Waals surface area contributed by atoms with Gasteiger partial charge in [0.25, 0.3) is 0 Å². The predicted molar refractivity (Wildman–Crippen MR) is 82.9 cm³/mol. The van der Waals surface area contributed by atoms with Gasteiger partial charge in [-0.25, -0.2) is 0 Å². The van der Waals surface area contributed by atoms with Crippen LogP contribution in [0.5, 0.6) is 11.5 Å². The summed E-state index contributed by atoms with van der Waals surface area (Å²) in [5, 5.41) is 3.07. The third-order valence-corrected chi connectivity index (χ3v) is 2.96. The Morgan fingerprint density at radius 1 is 0.800 bits per heavy atom. The van der Waals surface area contributed by atoms with Crippen LogP contribution in [0.2, 0.25) is 0 Å². The number of benzene rings is 2. The fourth-order valence-electron chi connectivity index (χ4n) is 2.05. The van der Waals surface area contributed by atoms with Crippen LogP contribution < -0.4 is 14.8 Å². The molecule has 0 aliphatic carbocycles. The molecule has 3 heteroatoms. The van der Waals surface area contributed by atoms with Crippen LogP contribution in [0.1, 0.15) is 11.1 Å². The zero-order valence-corrected chi connectivity index (χ0v) is 12.3. The van der Waals surface area contributed by atoms with E-state index in [4.69, 9.17) is 9.47 Å². The van der Waals surface area contributed by atoms with Crippen molar-refractivity contribution in [2.45, 2.75) is 13.8 Å². The third-order valence-electron chi connectivity index (χ3n) is 2.96. The van der Waals surface area contributed by atoms with Crippen molar-refractivity contribution in [3.8, 4) is 11.5 Å². The van der Waals surface area contributed by atoms with E-state index in [1.165, 1.54) is 11.1 Å². The fraction of sp³-hybridized carbons (Fsp3) is 0.294. The number of ether oxygens (including phenoxy) is 2. The Labute approximate surface area is 120 Å². The monoisotopic (exact) mass is 271 g/mol. The molecular formula is C17H21NO2. The first-order valence-electron chi connectivity index (χ1n) is 6.79. The predicted octanol–water partition coefficient (Wildman–Crippen LogP) is 3.80. The first-order chi connectivity index (χ1) is 9.67. The zero-order chi connectivity index (χ0) is 14.4. The summed E-state index contributed by atoms with van der Waals surface area (Å²) >= 11 is 0. The first-order valence-corrected chi connectivity index (χ1v) is 6.79. The van der Waals surface area contributed by atoms with Gasteiger partial charge in [0.05, 0.1) is 0 Å². The molecule has 106 valence electrons. The average molecular weight is 271 g/mol. The lowest BCUT2D eigenvalue weighted by atomic mass is 10.1. The molecule has 3 nitrogen and oxygen atoms in total. The van der Waals surface area contributed by atoms with Crippen molar-refractivity contribution < 1.29 is 9.47 Å². The van der Waals surface area contributed by atoms with Gasteiger partial charge in [0.15, 0.2) is 0 Å². The Morgan fingerprint density at radius 3 is 1.90 bits per heavy atom. The molecule has 0 heterocycles.